The molecule has 2 heterocycles. The number of thiazole rings is 1. The maximum Gasteiger partial charge on any atom is 0.318 e. The molecule has 31 heavy (non-hydrogen) atoms. The first-order chi connectivity index (χ1) is 15.1. The molecule has 0 saturated carbocycles. The lowest BCUT2D eigenvalue weighted by Gasteiger charge is -2.26. The maximum absolute atomic E-state index is 13.1. The average molecular weight is 438 g/mol. The number of aryl methyl sites for hydroxylation is 1. The largest absolute Gasteiger partial charge is 0.497 e. The summed E-state index contributed by atoms with van der Waals surface area (Å²) < 4.78 is 10.9. The molecule has 1 aliphatic rings. The lowest BCUT2D eigenvalue weighted by atomic mass is 10.0. The topological polar surface area (TPSA) is 63.7 Å². The van der Waals surface area contributed by atoms with Crippen LogP contribution in [0.4, 0.5) is 4.79 Å². The van der Waals surface area contributed by atoms with Crippen LogP contribution < -0.4 is 14.8 Å². The van der Waals surface area contributed by atoms with Gasteiger partial charge in [-0.1, -0.05) is 30.3 Å². The predicted molar refractivity (Wildman–Crippen MR) is 123 cm³/mol. The number of hydrogen-bond acceptors (Lipinski definition) is 5. The molecule has 0 bridgehead atoms. The highest BCUT2D eigenvalue weighted by atomic mass is 32.1. The van der Waals surface area contributed by atoms with Gasteiger partial charge in [0, 0.05) is 22.5 Å². The minimum Gasteiger partial charge on any atom is -0.497 e. The van der Waals surface area contributed by atoms with Crippen molar-refractivity contribution in [2.45, 2.75) is 32.4 Å². The van der Waals surface area contributed by atoms with Crippen LogP contribution in [-0.4, -0.2) is 36.7 Å². The van der Waals surface area contributed by atoms with Gasteiger partial charge in [-0.05, 0) is 38.0 Å². The Hall–Kier alpha value is -3.06. The monoisotopic (exact) mass is 437 g/mol. The lowest BCUT2D eigenvalue weighted by Crippen LogP contribution is -2.39. The number of carbonyl (C=O) groups excluding carboxylic acids is 1. The number of rotatable bonds is 6. The van der Waals surface area contributed by atoms with Gasteiger partial charge in [0.05, 0.1) is 32.5 Å². The molecule has 3 aromatic rings. The number of benzene rings is 2. The molecule has 7 heteroatoms. The Balaban J connectivity index is 1.47. The zero-order valence-electron chi connectivity index (χ0n) is 18.1. The van der Waals surface area contributed by atoms with Gasteiger partial charge in [-0.15, -0.1) is 11.3 Å². The first-order valence-electron chi connectivity index (χ1n) is 10.4. The third-order valence-electron chi connectivity index (χ3n) is 5.62. The number of methoxy groups -OCH3 is 2. The summed E-state index contributed by atoms with van der Waals surface area (Å²) in [6.45, 7) is 3.17. The van der Waals surface area contributed by atoms with Crippen LogP contribution in [0.3, 0.4) is 0 Å². The molecule has 1 N–H and O–H groups in total. The normalized spacial score (nSPS) is 15.7. The Morgan fingerprint density at radius 2 is 2.00 bits per heavy atom. The quantitative estimate of drug-likeness (QED) is 0.577. The summed E-state index contributed by atoms with van der Waals surface area (Å²) in [5.74, 6) is 1.54. The molecule has 6 nitrogen and oxygen atoms in total. The van der Waals surface area contributed by atoms with Gasteiger partial charge in [0.1, 0.15) is 16.5 Å². The molecule has 1 aromatic heterocycles. The highest BCUT2D eigenvalue weighted by Gasteiger charge is 2.32. The van der Waals surface area contributed by atoms with E-state index in [2.05, 4.69) is 22.4 Å². The second kappa shape index (κ2) is 9.39. The number of amides is 2. The number of aromatic nitrogens is 1. The SMILES string of the molecule is COc1ccc(OC)c(C2CCCN2C(=O)NCc2sc(-c3ccccc3)nc2C)c1. The minimum absolute atomic E-state index is 0.0347. The number of hydrogen-bond donors (Lipinski definition) is 1. The van der Waals surface area contributed by atoms with E-state index in [9.17, 15) is 4.79 Å². The summed E-state index contributed by atoms with van der Waals surface area (Å²) in [6, 6.07) is 15.8. The second-order valence-corrected chi connectivity index (χ2v) is 8.60. The number of nitrogens with one attached hydrogen (secondary N) is 1. The van der Waals surface area contributed by atoms with Gasteiger partial charge in [0.15, 0.2) is 0 Å². The van der Waals surface area contributed by atoms with Crippen LogP contribution in [0.5, 0.6) is 11.5 Å². The van der Waals surface area contributed by atoms with Gasteiger partial charge in [-0.3, -0.25) is 0 Å². The fourth-order valence-corrected chi connectivity index (χ4v) is 4.99. The molecule has 0 radical (unpaired) electrons. The Morgan fingerprint density at radius 1 is 1.19 bits per heavy atom. The van der Waals surface area contributed by atoms with Crippen molar-refractivity contribution < 1.29 is 14.3 Å². The van der Waals surface area contributed by atoms with Crippen molar-refractivity contribution in [2.24, 2.45) is 0 Å². The molecule has 2 aromatic carbocycles. The highest BCUT2D eigenvalue weighted by Crippen LogP contribution is 2.39. The van der Waals surface area contributed by atoms with E-state index in [0.29, 0.717) is 13.1 Å². The number of urea groups is 1. The van der Waals surface area contributed by atoms with Gasteiger partial charge < -0.3 is 19.7 Å². The molecule has 2 amide bonds. The van der Waals surface area contributed by atoms with E-state index in [-0.39, 0.29) is 12.1 Å². The molecule has 1 atom stereocenters. The third kappa shape index (κ3) is 4.51. The minimum atomic E-state index is -0.0681. The molecular formula is C24H27N3O3S. The van der Waals surface area contributed by atoms with Gasteiger partial charge in [-0.25, -0.2) is 9.78 Å². The summed E-state index contributed by atoms with van der Waals surface area (Å²) in [6.07, 6.45) is 1.85. The van der Waals surface area contributed by atoms with Crippen molar-refractivity contribution in [3.8, 4) is 22.1 Å². The Morgan fingerprint density at radius 3 is 2.74 bits per heavy atom. The Kier molecular flexibility index (Phi) is 6.42. The number of nitrogens with zero attached hydrogens (tertiary/aromatic N) is 2. The van der Waals surface area contributed by atoms with Crippen LogP contribution >= 0.6 is 11.3 Å². The van der Waals surface area contributed by atoms with Crippen molar-refractivity contribution in [3.05, 3.63) is 64.7 Å². The Labute approximate surface area is 186 Å². The van der Waals surface area contributed by atoms with E-state index >= 15 is 0 Å². The first kappa shape index (κ1) is 21.2. The van der Waals surface area contributed by atoms with Crippen LogP contribution in [-0.2, 0) is 6.54 Å². The van der Waals surface area contributed by atoms with E-state index < -0.39 is 0 Å². The fourth-order valence-electron chi connectivity index (χ4n) is 3.99. The molecule has 1 unspecified atom stereocenters. The average Bonchev–Trinajstić information content (AvgIpc) is 3.44. The Bertz CT molecular complexity index is 1050. The van der Waals surface area contributed by atoms with E-state index in [1.165, 1.54) is 0 Å². The zero-order valence-corrected chi connectivity index (χ0v) is 18.9. The lowest BCUT2D eigenvalue weighted by molar-refractivity contribution is 0.191. The van der Waals surface area contributed by atoms with E-state index in [4.69, 9.17) is 9.47 Å². The van der Waals surface area contributed by atoms with E-state index in [0.717, 1.165) is 51.0 Å². The molecule has 0 spiro atoms. The van der Waals surface area contributed by atoms with Crippen LogP contribution in [0.15, 0.2) is 48.5 Å². The molecular weight excluding hydrogens is 410 g/mol. The van der Waals surface area contributed by atoms with Crippen molar-refractivity contribution in [3.63, 3.8) is 0 Å². The smallest absolute Gasteiger partial charge is 0.318 e. The van der Waals surface area contributed by atoms with Crippen molar-refractivity contribution in [1.82, 2.24) is 15.2 Å². The number of likely N-dealkylation sites (tertiary alicyclic amines) is 1. The summed E-state index contributed by atoms with van der Waals surface area (Å²) >= 11 is 1.62. The fraction of sp³-hybridized carbons (Fsp3) is 0.333. The molecule has 162 valence electrons. The molecule has 1 saturated heterocycles. The summed E-state index contributed by atoms with van der Waals surface area (Å²) in [5, 5.41) is 4.07. The van der Waals surface area contributed by atoms with Gasteiger partial charge >= 0.3 is 6.03 Å². The van der Waals surface area contributed by atoms with Crippen LogP contribution in [0.25, 0.3) is 10.6 Å². The number of ether oxygens (including phenoxy) is 2. The van der Waals surface area contributed by atoms with Crippen molar-refractivity contribution in [1.29, 1.82) is 0 Å². The molecule has 4 rings (SSSR count). The summed E-state index contributed by atoms with van der Waals surface area (Å²) in [5.41, 5.74) is 3.03. The van der Waals surface area contributed by atoms with Crippen LogP contribution in [0, 0.1) is 6.92 Å². The summed E-state index contributed by atoms with van der Waals surface area (Å²) in [7, 11) is 3.30. The molecule has 0 aliphatic carbocycles. The summed E-state index contributed by atoms with van der Waals surface area (Å²) in [4.78, 5) is 20.7. The van der Waals surface area contributed by atoms with Gasteiger partial charge in [0.2, 0.25) is 0 Å². The zero-order chi connectivity index (χ0) is 21.8. The van der Waals surface area contributed by atoms with Gasteiger partial charge in [0.25, 0.3) is 0 Å². The van der Waals surface area contributed by atoms with E-state index in [1.54, 1.807) is 25.6 Å². The van der Waals surface area contributed by atoms with Crippen LogP contribution in [0.1, 0.15) is 35.0 Å². The second-order valence-electron chi connectivity index (χ2n) is 7.51. The van der Waals surface area contributed by atoms with Crippen molar-refractivity contribution >= 4 is 17.4 Å². The predicted octanol–water partition coefficient (Wildman–Crippen LogP) is 5.18. The third-order valence-corrected chi connectivity index (χ3v) is 6.83. The van der Waals surface area contributed by atoms with Gasteiger partial charge in [-0.2, -0.15) is 0 Å². The maximum atomic E-state index is 13.1. The molecule has 1 aliphatic heterocycles. The van der Waals surface area contributed by atoms with E-state index in [1.807, 2.05) is 48.2 Å². The molecule has 1 fully saturated rings. The standard InChI is InChI=1S/C24H27N3O3S/c1-16-22(31-23(26-16)17-8-5-4-6-9-17)15-25-24(28)27-13-7-10-20(27)19-14-18(29-2)11-12-21(19)30-3/h4-6,8-9,11-12,14,20H,7,10,13,15H2,1-3H3,(H,25,28). The highest BCUT2D eigenvalue weighted by molar-refractivity contribution is 7.15. The van der Waals surface area contributed by atoms with Crippen LogP contribution in [0.2, 0.25) is 0 Å². The number of carbonyl (C=O) groups is 1. The first-order valence-corrected chi connectivity index (χ1v) is 11.2. The van der Waals surface area contributed by atoms with Crippen molar-refractivity contribution in [2.75, 3.05) is 20.8 Å².